The number of hydrogen-bond donors (Lipinski definition) is 4. The van der Waals surface area contributed by atoms with E-state index in [9.17, 15) is 9.90 Å². The average Bonchev–Trinajstić information content (AvgIpc) is 2.71. The number of aromatic nitrogens is 1. The van der Waals surface area contributed by atoms with Crippen LogP contribution < -0.4 is 21.5 Å². The van der Waals surface area contributed by atoms with Crippen LogP contribution in [0.25, 0.3) is 10.9 Å². The van der Waals surface area contributed by atoms with Gasteiger partial charge in [0.15, 0.2) is 0 Å². The molecule has 7 nitrogen and oxygen atoms in total. The number of benzene rings is 2. The number of nitrogens with zero attached hydrogens (tertiary/aromatic N) is 1. The van der Waals surface area contributed by atoms with Gasteiger partial charge in [0, 0.05) is 23.7 Å². The second-order valence-electron chi connectivity index (χ2n) is 6.09. The van der Waals surface area contributed by atoms with Gasteiger partial charge in [-0.3, -0.25) is 9.78 Å². The van der Waals surface area contributed by atoms with Crippen LogP contribution in [0.1, 0.15) is 27.5 Å². The predicted molar refractivity (Wildman–Crippen MR) is 105 cm³/mol. The number of carbonyl (C=O) groups is 1. The lowest BCUT2D eigenvalue weighted by atomic mass is 10.0. The molecule has 140 valence electrons. The quantitative estimate of drug-likeness (QED) is 0.507. The van der Waals surface area contributed by atoms with Gasteiger partial charge in [-0.25, -0.2) is 0 Å². The number of ether oxygens (including phenoxy) is 1. The maximum Gasteiger partial charge on any atom is 0.250 e. The molecule has 3 aromatic rings. The molecule has 27 heavy (non-hydrogen) atoms. The monoisotopic (exact) mass is 366 g/mol. The summed E-state index contributed by atoms with van der Waals surface area (Å²) in [4.78, 5) is 16.0. The number of anilines is 1. The van der Waals surface area contributed by atoms with Crippen LogP contribution in [0.3, 0.4) is 0 Å². The number of carbonyl (C=O) groups excluding carboxylic acids is 1. The van der Waals surface area contributed by atoms with E-state index in [0.717, 1.165) is 11.3 Å². The Labute approximate surface area is 157 Å². The number of rotatable bonds is 7. The Bertz CT molecular complexity index is 975. The molecule has 0 aliphatic heterocycles. The van der Waals surface area contributed by atoms with Crippen molar-refractivity contribution in [2.75, 3.05) is 19.0 Å². The normalized spacial score (nSPS) is 12.0. The van der Waals surface area contributed by atoms with Crippen molar-refractivity contribution in [3.8, 4) is 5.75 Å². The van der Waals surface area contributed by atoms with E-state index in [2.05, 4.69) is 10.3 Å². The molecule has 0 saturated carbocycles. The van der Waals surface area contributed by atoms with E-state index in [1.54, 1.807) is 19.2 Å². The molecule has 0 fully saturated rings. The van der Waals surface area contributed by atoms with Crippen molar-refractivity contribution in [2.24, 2.45) is 11.5 Å². The van der Waals surface area contributed by atoms with E-state index >= 15 is 0 Å². The topological polar surface area (TPSA) is 123 Å². The van der Waals surface area contributed by atoms with Gasteiger partial charge in [-0.2, -0.15) is 0 Å². The number of nitrogens with one attached hydrogen (secondary N) is 1. The summed E-state index contributed by atoms with van der Waals surface area (Å²) >= 11 is 0. The number of amides is 1. The number of primary amides is 1. The molecule has 1 heterocycles. The number of pyridine rings is 1. The van der Waals surface area contributed by atoms with E-state index in [1.165, 1.54) is 6.20 Å². The Hall–Kier alpha value is -3.16. The van der Waals surface area contributed by atoms with Gasteiger partial charge in [0.1, 0.15) is 5.75 Å². The molecule has 0 spiro atoms. The standard InChI is InChI=1S/C20H22N4O3/c1-27-14-5-2-4-12(8-14)17(9-21)24-18-13(11-25)10-23-19-15(18)6-3-7-16(19)20(22)26/h2-8,10,17,25H,9,11,21H2,1H3,(H2,22,26)(H,23,24)/t17-/m1/s1. The second-order valence-corrected chi connectivity index (χ2v) is 6.09. The van der Waals surface area contributed by atoms with Crippen molar-refractivity contribution in [3.05, 3.63) is 65.4 Å². The summed E-state index contributed by atoms with van der Waals surface area (Å²) in [5, 5.41) is 13.9. The SMILES string of the molecule is COc1cccc([C@@H](CN)Nc2c(CO)cnc3c(C(N)=O)cccc23)c1. The van der Waals surface area contributed by atoms with Crippen LogP contribution in [0.4, 0.5) is 5.69 Å². The molecule has 0 unspecified atom stereocenters. The minimum absolute atomic E-state index is 0.207. The highest BCUT2D eigenvalue weighted by atomic mass is 16.5. The van der Waals surface area contributed by atoms with Crippen molar-refractivity contribution in [2.45, 2.75) is 12.6 Å². The first-order valence-electron chi connectivity index (χ1n) is 8.50. The van der Waals surface area contributed by atoms with Gasteiger partial charge in [-0.05, 0) is 23.8 Å². The van der Waals surface area contributed by atoms with E-state index in [0.29, 0.717) is 34.3 Å². The summed E-state index contributed by atoms with van der Waals surface area (Å²) in [6, 6.07) is 12.6. The van der Waals surface area contributed by atoms with Gasteiger partial charge >= 0.3 is 0 Å². The Kier molecular flexibility index (Phi) is 5.54. The summed E-state index contributed by atoms with van der Waals surface area (Å²) in [7, 11) is 1.61. The lowest BCUT2D eigenvalue weighted by molar-refractivity contribution is 0.100. The molecule has 7 heteroatoms. The molecule has 0 saturated heterocycles. The summed E-state index contributed by atoms with van der Waals surface area (Å²) in [5.74, 6) is 0.171. The Morgan fingerprint density at radius 3 is 2.74 bits per heavy atom. The first-order valence-corrected chi connectivity index (χ1v) is 8.50. The molecule has 0 aliphatic carbocycles. The van der Waals surface area contributed by atoms with Crippen molar-refractivity contribution in [1.29, 1.82) is 0 Å². The molecular weight excluding hydrogens is 344 g/mol. The van der Waals surface area contributed by atoms with Crippen molar-refractivity contribution >= 4 is 22.5 Å². The van der Waals surface area contributed by atoms with Gasteiger partial charge in [-0.15, -0.1) is 0 Å². The Morgan fingerprint density at radius 2 is 2.07 bits per heavy atom. The maximum atomic E-state index is 11.7. The highest BCUT2D eigenvalue weighted by Crippen LogP contribution is 2.31. The zero-order valence-corrected chi connectivity index (χ0v) is 15.0. The first-order chi connectivity index (χ1) is 13.1. The number of nitrogens with two attached hydrogens (primary N) is 2. The third kappa shape index (κ3) is 3.69. The molecule has 0 bridgehead atoms. The highest BCUT2D eigenvalue weighted by molar-refractivity contribution is 6.08. The van der Waals surface area contributed by atoms with E-state index < -0.39 is 5.91 Å². The van der Waals surface area contributed by atoms with E-state index in [4.69, 9.17) is 16.2 Å². The van der Waals surface area contributed by atoms with Gasteiger partial charge in [0.2, 0.25) is 0 Å². The average molecular weight is 366 g/mol. The zero-order chi connectivity index (χ0) is 19.4. The van der Waals surface area contributed by atoms with Gasteiger partial charge < -0.3 is 26.6 Å². The summed E-state index contributed by atoms with van der Waals surface area (Å²) < 4.78 is 5.29. The fourth-order valence-corrected chi connectivity index (χ4v) is 3.06. The summed E-state index contributed by atoms with van der Waals surface area (Å²) in [6.07, 6.45) is 1.54. The van der Waals surface area contributed by atoms with Gasteiger partial charge in [0.05, 0.1) is 36.5 Å². The third-order valence-electron chi connectivity index (χ3n) is 4.46. The molecule has 0 radical (unpaired) electrons. The fourth-order valence-electron chi connectivity index (χ4n) is 3.06. The number of hydrogen-bond acceptors (Lipinski definition) is 6. The lowest BCUT2D eigenvalue weighted by Gasteiger charge is -2.22. The first kappa shape index (κ1) is 18.6. The van der Waals surface area contributed by atoms with Crippen LogP contribution in [0.15, 0.2) is 48.7 Å². The molecular formula is C20H22N4O3. The van der Waals surface area contributed by atoms with Crippen molar-refractivity contribution < 1.29 is 14.6 Å². The minimum Gasteiger partial charge on any atom is -0.497 e. The van der Waals surface area contributed by atoms with E-state index in [1.807, 2.05) is 30.3 Å². The third-order valence-corrected chi connectivity index (χ3v) is 4.46. The smallest absolute Gasteiger partial charge is 0.250 e. The van der Waals surface area contributed by atoms with Gasteiger partial charge in [0.25, 0.3) is 5.91 Å². The van der Waals surface area contributed by atoms with Crippen LogP contribution in [0.5, 0.6) is 5.75 Å². The Balaban J connectivity index is 2.11. The zero-order valence-electron chi connectivity index (χ0n) is 15.0. The predicted octanol–water partition coefficient (Wildman–Crippen LogP) is 1.95. The van der Waals surface area contributed by atoms with Crippen LogP contribution in [0, 0.1) is 0 Å². The summed E-state index contributed by atoms with van der Waals surface area (Å²) in [6.45, 7) is 0.110. The molecule has 1 amide bonds. The molecule has 1 aromatic heterocycles. The highest BCUT2D eigenvalue weighted by Gasteiger charge is 2.17. The molecule has 6 N–H and O–H groups in total. The van der Waals surface area contributed by atoms with Gasteiger partial charge in [-0.1, -0.05) is 24.3 Å². The van der Waals surface area contributed by atoms with E-state index in [-0.39, 0.29) is 12.6 Å². The Morgan fingerprint density at radius 1 is 1.30 bits per heavy atom. The number of aliphatic hydroxyl groups excluding tert-OH is 1. The minimum atomic E-state index is -0.557. The second kappa shape index (κ2) is 8.03. The van der Waals surface area contributed by atoms with Crippen LogP contribution in [-0.2, 0) is 6.61 Å². The van der Waals surface area contributed by atoms with Crippen LogP contribution in [0.2, 0.25) is 0 Å². The molecule has 1 atom stereocenters. The summed E-state index contributed by atoms with van der Waals surface area (Å²) in [5.41, 5.74) is 14.5. The van der Waals surface area contributed by atoms with Crippen molar-refractivity contribution in [3.63, 3.8) is 0 Å². The van der Waals surface area contributed by atoms with Crippen molar-refractivity contribution in [1.82, 2.24) is 4.98 Å². The fraction of sp³-hybridized carbons (Fsp3) is 0.200. The largest absolute Gasteiger partial charge is 0.497 e. The van der Waals surface area contributed by atoms with Crippen LogP contribution in [-0.4, -0.2) is 29.7 Å². The van der Waals surface area contributed by atoms with Crippen LogP contribution >= 0.6 is 0 Å². The molecule has 3 rings (SSSR count). The molecule has 2 aromatic carbocycles. The number of aliphatic hydroxyl groups is 1. The number of para-hydroxylation sites is 1. The molecule has 0 aliphatic rings. The maximum absolute atomic E-state index is 11.7. The lowest BCUT2D eigenvalue weighted by Crippen LogP contribution is -2.22. The number of methoxy groups -OCH3 is 1. The number of fused-ring (bicyclic) bond motifs is 1.